The predicted octanol–water partition coefficient (Wildman–Crippen LogP) is 2.48. The minimum Gasteiger partial charge on any atom is -0.430 e. The monoisotopic (exact) mass is 242 g/mol. The highest BCUT2D eigenvalue weighted by Crippen LogP contribution is 2.25. The van der Waals surface area contributed by atoms with Crippen molar-refractivity contribution in [2.45, 2.75) is 6.61 Å². The van der Waals surface area contributed by atoms with E-state index in [1.54, 1.807) is 24.3 Å². The Labute approximate surface area is 95.1 Å². The zero-order chi connectivity index (χ0) is 10.7. The third-order valence-corrected chi connectivity index (χ3v) is 2.64. The van der Waals surface area contributed by atoms with Gasteiger partial charge in [0.15, 0.2) is 0 Å². The number of hydrogen-bond donors (Lipinski definition) is 1. The van der Waals surface area contributed by atoms with Gasteiger partial charge in [-0.15, -0.1) is 5.10 Å². The van der Waals surface area contributed by atoms with Crippen molar-refractivity contribution in [1.29, 1.82) is 0 Å². The predicted molar refractivity (Wildman–Crippen MR) is 57.4 cm³/mol. The Morgan fingerprint density at radius 3 is 2.60 bits per heavy atom. The van der Waals surface area contributed by atoms with Crippen LogP contribution in [0, 0.1) is 0 Å². The summed E-state index contributed by atoms with van der Waals surface area (Å²) in [7, 11) is 0. The SMILES string of the molecule is OCc1nnc(Oc2ccc(Cl)cc2)s1. The van der Waals surface area contributed by atoms with Gasteiger partial charge in [-0.1, -0.05) is 28.0 Å². The molecule has 6 heteroatoms. The summed E-state index contributed by atoms with van der Waals surface area (Å²) in [6.07, 6.45) is 0. The fraction of sp³-hybridized carbons (Fsp3) is 0.111. The van der Waals surface area contributed by atoms with E-state index in [1.165, 1.54) is 11.3 Å². The van der Waals surface area contributed by atoms with Crippen LogP contribution in [-0.2, 0) is 6.61 Å². The van der Waals surface area contributed by atoms with Crippen LogP contribution in [0.4, 0.5) is 0 Å². The lowest BCUT2D eigenvalue weighted by molar-refractivity contribution is 0.280. The van der Waals surface area contributed by atoms with Gasteiger partial charge < -0.3 is 9.84 Å². The van der Waals surface area contributed by atoms with E-state index in [0.29, 0.717) is 21.0 Å². The third kappa shape index (κ3) is 2.65. The Morgan fingerprint density at radius 1 is 1.27 bits per heavy atom. The van der Waals surface area contributed by atoms with Gasteiger partial charge >= 0.3 is 0 Å². The van der Waals surface area contributed by atoms with Gasteiger partial charge in [-0.2, -0.15) is 0 Å². The van der Waals surface area contributed by atoms with E-state index < -0.39 is 0 Å². The van der Waals surface area contributed by atoms with Gasteiger partial charge in [0.05, 0.1) is 6.61 Å². The zero-order valence-corrected chi connectivity index (χ0v) is 9.13. The molecule has 0 saturated carbocycles. The summed E-state index contributed by atoms with van der Waals surface area (Å²) in [5, 5.41) is 17.8. The van der Waals surface area contributed by atoms with Crippen LogP contribution < -0.4 is 4.74 Å². The fourth-order valence-corrected chi connectivity index (χ4v) is 1.64. The molecule has 0 radical (unpaired) electrons. The molecule has 4 nitrogen and oxygen atoms in total. The Morgan fingerprint density at radius 2 is 2.00 bits per heavy atom. The molecule has 0 saturated heterocycles. The summed E-state index contributed by atoms with van der Waals surface area (Å²) >= 11 is 6.93. The largest absolute Gasteiger partial charge is 0.430 e. The molecule has 0 fully saturated rings. The van der Waals surface area contributed by atoms with Gasteiger partial charge in [-0.25, -0.2) is 0 Å². The molecule has 1 N–H and O–H groups in total. The molecule has 2 aromatic rings. The number of aromatic nitrogens is 2. The molecule has 1 aromatic heterocycles. The highest BCUT2D eigenvalue weighted by Gasteiger charge is 2.04. The van der Waals surface area contributed by atoms with Crippen LogP contribution in [0.2, 0.25) is 5.02 Å². The molecule has 0 aliphatic carbocycles. The van der Waals surface area contributed by atoms with Crippen molar-refractivity contribution in [3.63, 3.8) is 0 Å². The minimum atomic E-state index is -0.123. The number of aliphatic hydroxyl groups is 1. The molecule has 15 heavy (non-hydrogen) atoms. The van der Waals surface area contributed by atoms with E-state index in [9.17, 15) is 0 Å². The Balaban J connectivity index is 2.11. The zero-order valence-electron chi connectivity index (χ0n) is 7.55. The Bertz CT molecular complexity index is 444. The highest BCUT2D eigenvalue weighted by molar-refractivity contribution is 7.13. The molecule has 0 spiro atoms. The second-order valence-electron chi connectivity index (χ2n) is 2.68. The average molecular weight is 243 g/mol. The molecule has 1 heterocycles. The normalized spacial score (nSPS) is 10.3. The molecule has 0 amide bonds. The van der Waals surface area contributed by atoms with E-state index in [4.69, 9.17) is 21.4 Å². The van der Waals surface area contributed by atoms with Crippen molar-refractivity contribution in [2.75, 3.05) is 0 Å². The van der Waals surface area contributed by atoms with Crippen molar-refractivity contribution >= 4 is 22.9 Å². The number of aliphatic hydroxyl groups excluding tert-OH is 1. The first-order chi connectivity index (χ1) is 7.28. The Kier molecular flexibility index (Phi) is 3.15. The summed E-state index contributed by atoms with van der Waals surface area (Å²) < 4.78 is 5.39. The van der Waals surface area contributed by atoms with E-state index in [0.717, 1.165) is 0 Å². The standard InChI is InChI=1S/C9H7ClN2O2S/c10-6-1-3-7(4-2-6)14-9-12-11-8(5-13)15-9/h1-4,13H,5H2. The van der Waals surface area contributed by atoms with Crippen molar-refractivity contribution in [1.82, 2.24) is 10.2 Å². The number of benzene rings is 1. The molecule has 0 aliphatic rings. The summed E-state index contributed by atoms with van der Waals surface area (Å²) in [5.41, 5.74) is 0. The van der Waals surface area contributed by atoms with Crippen LogP contribution in [0.3, 0.4) is 0 Å². The molecule has 2 rings (SSSR count). The number of halogens is 1. The van der Waals surface area contributed by atoms with Crippen LogP contribution in [-0.4, -0.2) is 15.3 Å². The van der Waals surface area contributed by atoms with Gasteiger partial charge in [-0.05, 0) is 24.3 Å². The lowest BCUT2D eigenvalue weighted by atomic mass is 10.3. The minimum absolute atomic E-state index is 0.123. The molecular formula is C9H7ClN2O2S. The molecule has 0 unspecified atom stereocenters. The first-order valence-corrected chi connectivity index (χ1v) is 5.34. The summed E-state index contributed by atoms with van der Waals surface area (Å²) in [6, 6.07) is 6.93. The van der Waals surface area contributed by atoms with Crippen molar-refractivity contribution in [3.05, 3.63) is 34.3 Å². The van der Waals surface area contributed by atoms with Gasteiger partial charge in [0.1, 0.15) is 10.8 Å². The first kappa shape index (κ1) is 10.4. The van der Waals surface area contributed by atoms with Crippen molar-refractivity contribution in [2.24, 2.45) is 0 Å². The molecule has 78 valence electrons. The van der Waals surface area contributed by atoms with E-state index in [-0.39, 0.29) is 6.61 Å². The average Bonchev–Trinajstić information content (AvgIpc) is 2.69. The third-order valence-electron chi connectivity index (χ3n) is 1.60. The lowest BCUT2D eigenvalue weighted by Gasteiger charge is -1.99. The smallest absolute Gasteiger partial charge is 0.299 e. The van der Waals surface area contributed by atoms with Crippen molar-refractivity contribution < 1.29 is 9.84 Å². The van der Waals surface area contributed by atoms with Crippen LogP contribution in [0.25, 0.3) is 0 Å². The number of hydrogen-bond acceptors (Lipinski definition) is 5. The molecule has 0 aliphatic heterocycles. The lowest BCUT2D eigenvalue weighted by Crippen LogP contribution is -1.82. The topological polar surface area (TPSA) is 55.2 Å². The van der Waals surface area contributed by atoms with Crippen LogP contribution in [0.15, 0.2) is 24.3 Å². The molecule has 0 bridgehead atoms. The molecular weight excluding hydrogens is 236 g/mol. The highest BCUT2D eigenvalue weighted by atomic mass is 35.5. The van der Waals surface area contributed by atoms with Gasteiger partial charge in [-0.3, -0.25) is 0 Å². The summed E-state index contributed by atoms with van der Waals surface area (Å²) in [6.45, 7) is -0.123. The van der Waals surface area contributed by atoms with E-state index >= 15 is 0 Å². The van der Waals surface area contributed by atoms with Gasteiger partial charge in [0.25, 0.3) is 5.19 Å². The van der Waals surface area contributed by atoms with E-state index in [2.05, 4.69) is 10.2 Å². The maximum absolute atomic E-state index is 8.79. The Hall–Kier alpha value is -1.17. The quantitative estimate of drug-likeness (QED) is 0.899. The van der Waals surface area contributed by atoms with Crippen LogP contribution in [0.5, 0.6) is 10.9 Å². The number of rotatable bonds is 3. The second kappa shape index (κ2) is 4.57. The van der Waals surface area contributed by atoms with Gasteiger partial charge in [0.2, 0.25) is 0 Å². The number of ether oxygens (including phenoxy) is 1. The summed E-state index contributed by atoms with van der Waals surface area (Å²) in [4.78, 5) is 0. The van der Waals surface area contributed by atoms with Crippen molar-refractivity contribution in [3.8, 4) is 10.9 Å². The van der Waals surface area contributed by atoms with Crippen LogP contribution >= 0.6 is 22.9 Å². The fourth-order valence-electron chi connectivity index (χ4n) is 0.947. The van der Waals surface area contributed by atoms with Gasteiger partial charge in [0, 0.05) is 5.02 Å². The van der Waals surface area contributed by atoms with E-state index in [1.807, 2.05) is 0 Å². The van der Waals surface area contributed by atoms with Crippen LogP contribution in [0.1, 0.15) is 5.01 Å². The maximum atomic E-state index is 8.79. The molecule has 0 atom stereocenters. The number of nitrogens with zero attached hydrogens (tertiary/aromatic N) is 2. The molecule has 1 aromatic carbocycles. The second-order valence-corrected chi connectivity index (χ2v) is 4.14. The first-order valence-electron chi connectivity index (χ1n) is 4.14. The summed E-state index contributed by atoms with van der Waals surface area (Å²) in [5.74, 6) is 0.639. The maximum Gasteiger partial charge on any atom is 0.299 e.